The van der Waals surface area contributed by atoms with Gasteiger partial charge < -0.3 is 41.2 Å². The maximum atomic E-state index is 13.2. The Balaban J connectivity index is 1.10. The highest BCUT2D eigenvalue weighted by molar-refractivity contribution is 8.00. The van der Waals surface area contributed by atoms with E-state index in [1.54, 1.807) is 12.1 Å². The van der Waals surface area contributed by atoms with Crippen LogP contribution < -0.4 is 31.7 Å². The Morgan fingerprint density at radius 3 is 2.55 bits per heavy atom. The topological polar surface area (TPSA) is 166 Å². The largest absolute Gasteiger partial charge is 0.439 e. The van der Waals surface area contributed by atoms with Crippen molar-refractivity contribution in [1.82, 2.24) is 26.3 Å². The van der Waals surface area contributed by atoms with Crippen molar-refractivity contribution in [3.8, 4) is 11.6 Å². The minimum atomic E-state index is -4.67. The van der Waals surface area contributed by atoms with Crippen molar-refractivity contribution in [3.05, 3.63) is 53.2 Å². The number of amides is 4. The van der Waals surface area contributed by atoms with Gasteiger partial charge in [0.25, 0.3) is 5.91 Å². The number of carbonyl (C=O) groups excluding carboxylic acids is 3. The van der Waals surface area contributed by atoms with Crippen LogP contribution in [0.4, 0.5) is 18.0 Å². The van der Waals surface area contributed by atoms with Crippen LogP contribution in [0.1, 0.15) is 81.4 Å². The lowest BCUT2D eigenvalue weighted by molar-refractivity contribution is -0.141. The predicted octanol–water partition coefficient (Wildman–Crippen LogP) is 4.90. The number of carbonyl (C=O) groups is 3. The second-order valence-electron chi connectivity index (χ2n) is 13.9. The number of alkyl halides is 3. The molecule has 6 N–H and O–H groups in total. The molecule has 0 radical (unpaired) electrons. The van der Waals surface area contributed by atoms with Crippen LogP contribution in [0.15, 0.2) is 36.4 Å². The fourth-order valence-electron chi connectivity index (χ4n) is 5.64. The molecule has 16 heteroatoms. The molecule has 0 unspecified atom stereocenters. The number of benzene rings is 1. The van der Waals surface area contributed by atoms with E-state index in [0.29, 0.717) is 24.6 Å². The average molecular weight is 739 g/mol. The lowest BCUT2D eigenvalue weighted by atomic mass is 10.0. The maximum Gasteiger partial charge on any atom is 0.433 e. The molecule has 1 aromatic carbocycles. The molecule has 3 atom stereocenters. The van der Waals surface area contributed by atoms with E-state index in [9.17, 15) is 27.6 Å². The zero-order valence-corrected chi connectivity index (χ0v) is 30.3. The predicted molar refractivity (Wildman–Crippen MR) is 188 cm³/mol. The standard InChI is InChI=1S/C35H49F3N6O6S/c1-33(2,12-13-40-28(45)11-6-5-10-26-30-25(20-51-26)42-32(47)44-30)49-21-34(3,4)48-15-14-41-31(46)23-8-7-9-24(18-23)50-29-17-22(19-39)16-27(43-29)35(36,37)38/h7-9,16-18,25-26,30H,5-6,10-15,19-21,39H2,1-4H3,(H,40,45)(H,41,46)(H2,42,44,47)/t25-,26-,30-/m0/s1. The number of nitrogens with two attached hydrogens (primary N) is 1. The number of rotatable bonds is 19. The molecule has 12 nitrogen and oxygen atoms in total. The van der Waals surface area contributed by atoms with Crippen molar-refractivity contribution in [1.29, 1.82) is 0 Å². The molecular weight excluding hydrogens is 689 g/mol. The van der Waals surface area contributed by atoms with Gasteiger partial charge in [-0.15, -0.1) is 0 Å². The number of urea groups is 1. The number of aromatic nitrogens is 1. The minimum absolute atomic E-state index is 0.0115. The number of pyridine rings is 1. The van der Waals surface area contributed by atoms with Crippen molar-refractivity contribution >= 4 is 29.6 Å². The summed E-state index contributed by atoms with van der Waals surface area (Å²) in [5.41, 5.74) is 3.69. The molecule has 2 aliphatic heterocycles. The fraction of sp³-hybridized carbons (Fsp3) is 0.600. The lowest BCUT2D eigenvalue weighted by Crippen LogP contribution is -2.40. The second kappa shape index (κ2) is 17.8. The summed E-state index contributed by atoms with van der Waals surface area (Å²) < 4.78 is 57.3. The van der Waals surface area contributed by atoms with E-state index in [1.807, 2.05) is 39.5 Å². The number of hydrogen-bond acceptors (Lipinski definition) is 9. The number of unbranched alkanes of at least 4 members (excludes halogenated alkanes) is 1. The van der Waals surface area contributed by atoms with Gasteiger partial charge in [0.1, 0.15) is 11.4 Å². The van der Waals surface area contributed by atoms with Crippen molar-refractivity contribution in [2.45, 2.75) is 101 Å². The van der Waals surface area contributed by atoms with Gasteiger partial charge in [-0.3, -0.25) is 9.59 Å². The van der Waals surface area contributed by atoms with Crippen molar-refractivity contribution in [2.24, 2.45) is 5.73 Å². The SMILES string of the molecule is CC(C)(CCNC(=O)CCCC[C@@H]1SC[C@@H]2NC(=O)N[C@@H]21)OCC(C)(C)OCCNC(=O)c1cccc(Oc2cc(CN)cc(C(F)(F)F)n2)c1. The summed E-state index contributed by atoms with van der Waals surface area (Å²) in [7, 11) is 0. The molecule has 2 fully saturated rings. The normalized spacial score (nSPS) is 18.9. The average Bonchev–Trinajstić information content (AvgIpc) is 3.62. The molecule has 282 valence electrons. The quantitative estimate of drug-likeness (QED) is 0.0996. The highest BCUT2D eigenvalue weighted by Crippen LogP contribution is 2.34. The first kappa shape index (κ1) is 40.2. The molecule has 2 aromatic rings. The Kier molecular flexibility index (Phi) is 14.0. The zero-order chi connectivity index (χ0) is 37.2. The molecule has 3 heterocycles. The van der Waals surface area contributed by atoms with Gasteiger partial charge in [0.05, 0.1) is 36.5 Å². The number of thioether (sulfide) groups is 1. The lowest BCUT2D eigenvalue weighted by Gasteiger charge is -2.32. The van der Waals surface area contributed by atoms with Gasteiger partial charge in [-0.1, -0.05) is 12.5 Å². The van der Waals surface area contributed by atoms with Crippen LogP contribution in [-0.4, -0.2) is 83.4 Å². The number of ether oxygens (including phenoxy) is 3. The summed E-state index contributed by atoms with van der Waals surface area (Å²) in [5.74, 6) is 0.382. The first-order valence-electron chi connectivity index (χ1n) is 17.1. The fourth-order valence-corrected chi connectivity index (χ4v) is 7.18. The zero-order valence-electron chi connectivity index (χ0n) is 29.5. The summed E-state index contributed by atoms with van der Waals surface area (Å²) in [6.45, 7) is 8.72. The molecule has 51 heavy (non-hydrogen) atoms. The van der Waals surface area contributed by atoms with Gasteiger partial charge in [-0.25, -0.2) is 9.78 Å². The number of halogens is 3. The Morgan fingerprint density at radius 2 is 1.80 bits per heavy atom. The van der Waals surface area contributed by atoms with Crippen LogP contribution in [-0.2, 0) is 27.0 Å². The van der Waals surface area contributed by atoms with Crippen LogP contribution in [0.2, 0.25) is 0 Å². The van der Waals surface area contributed by atoms with Crippen molar-refractivity contribution < 1.29 is 41.8 Å². The molecular formula is C35H49F3N6O6S. The molecule has 0 spiro atoms. The van der Waals surface area contributed by atoms with Gasteiger partial charge in [0.2, 0.25) is 11.8 Å². The smallest absolute Gasteiger partial charge is 0.433 e. The Labute approximate surface area is 300 Å². The molecule has 2 saturated heterocycles. The number of fused-ring (bicyclic) bond motifs is 1. The number of nitrogens with zero attached hydrogens (tertiary/aromatic N) is 1. The van der Waals surface area contributed by atoms with E-state index in [1.165, 1.54) is 18.2 Å². The first-order valence-corrected chi connectivity index (χ1v) is 18.2. The van der Waals surface area contributed by atoms with E-state index in [0.717, 1.165) is 31.1 Å². The highest BCUT2D eigenvalue weighted by atomic mass is 32.2. The van der Waals surface area contributed by atoms with Gasteiger partial charge in [0, 0.05) is 48.7 Å². The van der Waals surface area contributed by atoms with Gasteiger partial charge in [-0.05, 0) is 76.8 Å². The third-order valence-corrected chi connectivity index (χ3v) is 10.0. The van der Waals surface area contributed by atoms with Crippen LogP contribution >= 0.6 is 11.8 Å². The molecule has 0 saturated carbocycles. The van der Waals surface area contributed by atoms with Gasteiger partial charge in [-0.2, -0.15) is 24.9 Å². The van der Waals surface area contributed by atoms with Gasteiger partial charge >= 0.3 is 12.2 Å². The molecule has 1 aromatic heterocycles. The molecule has 4 amide bonds. The first-order chi connectivity index (χ1) is 24.0. The Hall–Kier alpha value is -3.60. The summed E-state index contributed by atoms with van der Waals surface area (Å²) in [5, 5.41) is 12.1. The van der Waals surface area contributed by atoms with Crippen LogP contribution in [0.3, 0.4) is 0 Å². The van der Waals surface area contributed by atoms with Crippen molar-refractivity contribution in [2.75, 3.05) is 32.1 Å². The third-order valence-electron chi connectivity index (χ3n) is 8.53. The summed E-state index contributed by atoms with van der Waals surface area (Å²) in [6.07, 6.45) is -0.896. The Bertz CT molecular complexity index is 1510. The molecule has 0 bridgehead atoms. The second-order valence-corrected chi connectivity index (χ2v) is 15.2. The van der Waals surface area contributed by atoms with Crippen LogP contribution in [0, 0.1) is 0 Å². The molecule has 2 aliphatic rings. The van der Waals surface area contributed by atoms with Gasteiger partial charge in [0.15, 0.2) is 0 Å². The maximum absolute atomic E-state index is 13.2. The third kappa shape index (κ3) is 12.8. The van der Waals surface area contributed by atoms with Crippen LogP contribution in [0.25, 0.3) is 0 Å². The monoisotopic (exact) mass is 738 g/mol. The Morgan fingerprint density at radius 1 is 1.02 bits per heavy atom. The van der Waals surface area contributed by atoms with E-state index in [4.69, 9.17) is 19.9 Å². The highest BCUT2D eigenvalue weighted by Gasteiger charge is 2.42. The molecule has 0 aliphatic carbocycles. The van der Waals surface area contributed by atoms with E-state index in [-0.39, 0.29) is 73.1 Å². The van der Waals surface area contributed by atoms with E-state index in [2.05, 4.69) is 26.3 Å². The van der Waals surface area contributed by atoms with Crippen molar-refractivity contribution in [3.63, 3.8) is 0 Å². The summed E-state index contributed by atoms with van der Waals surface area (Å²) in [4.78, 5) is 40.2. The minimum Gasteiger partial charge on any atom is -0.439 e. The summed E-state index contributed by atoms with van der Waals surface area (Å²) >= 11 is 1.88. The molecule has 4 rings (SSSR count). The number of nitrogens with one attached hydrogen (secondary N) is 4. The van der Waals surface area contributed by atoms with E-state index >= 15 is 0 Å². The number of hydrogen-bond donors (Lipinski definition) is 5. The van der Waals surface area contributed by atoms with E-state index < -0.39 is 29.0 Å². The van der Waals surface area contributed by atoms with Crippen LogP contribution in [0.5, 0.6) is 11.6 Å². The summed E-state index contributed by atoms with van der Waals surface area (Å²) in [6, 6.07) is 8.50.